The van der Waals surface area contributed by atoms with Gasteiger partial charge in [0.15, 0.2) is 5.82 Å². The molecule has 0 saturated heterocycles. The second-order valence-corrected chi connectivity index (χ2v) is 7.76. The summed E-state index contributed by atoms with van der Waals surface area (Å²) in [5.74, 6) is 1.90. The summed E-state index contributed by atoms with van der Waals surface area (Å²) in [6.07, 6.45) is 3.56. The maximum Gasteiger partial charge on any atom is 0.277 e. The van der Waals surface area contributed by atoms with Crippen molar-refractivity contribution in [3.05, 3.63) is 33.7 Å². The molecule has 24 heavy (non-hydrogen) atoms. The minimum Gasteiger partial charge on any atom is -0.416 e. The van der Waals surface area contributed by atoms with Gasteiger partial charge in [0.1, 0.15) is 0 Å². The molecule has 0 spiro atoms. The van der Waals surface area contributed by atoms with Crippen LogP contribution in [0.25, 0.3) is 0 Å². The van der Waals surface area contributed by atoms with Crippen LogP contribution < -0.4 is 0 Å². The fraction of sp³-hybridized carbons (Fsp3) is 0.533. The molecule has 0 fully saturated rings. The molecule has 0 radical (unpaired) electrons. The van der Waals surface area contributed by atoms with E-state index in [0.717, 1.165) is 35.8 Å². The Kier molecular flexibility index (Phi) is 5.62. The second-order valence-electron chi connectivity index (χ2n) is 5.41. The predicted molar refractivity (Wildman–Crippen MR) is 91.1 cm³/mol. The van der Waals surface area contributed by atoms with Gasteiger partial charge in [-0.2, -0.15) is 4.98 Å². The SMILES string of the molecule is CCCCc1noc(C(C)Sc2nnc(Cc3csc(C)n3)o2)n1. The summed E-state index contributed by atoms with van der Waals surface area (Å²) in [4.78, 5) is 8.83. The van der Waals surface area contributed by atoms with Crippen molar-refractivity contribution in [1.82, 2.24) is 25.3 Å². The highest BCUT2D eigenvalue weighted by atomic mass is 32.2. The first-order valence-electron chi connectivity index (χ1n) is 7.86. The van der Waals surface area contributed by atoms with Crippen LogP contribution in [0.4, 0.5) is 0 Å². The molecule has 0 aliphatic carbocycles. The lowest BCUT2D eigenvalue weighted by Crippen LogP contribution is -1.91. The van der Waals surface area contributed by atoms with Crippen molar-refractivity contribution >= 4 is 23.1 Å². The molecule has 3 aromatic rings. The Morgan fingerprint density at radius 3 is 2.92 bits per heavy atom. The first kappa shape index (κ1) is 17.1. The van der Waals surface area contributed by atoms with E-state index in [9.17, 15) is 0 Å². The van der Waals surface area contributed by atoms with Crippen LogP contribution in [0.2, 0.25) is 0 Å². The third-order valence-electron chi connectivity index (χ3n) is 3.31. The third-order valence-corrected chi connectivity index (χ3v) is 5.05. The molecule has 0 amide bonds. The van der Waals surface area contributed by atoms with Gasteiger partial charge >= 0.3 is 0 Å². The van der Waals surface area contributed by atoms with E-state index in [-0.39, 0.29) is 5.25 Å². The molecule has 1 unspecified atom stereocenters. The zero-order valence-corrected chi connectivity index (χ0v) is 15.5. The lowest BCUT2D eigenvalue weighted by atomic mass is 10.2. The Bertz CT molecular complexity index is 782. The maximum absolute atomic E-state index is 5.68. The number of thiazole rings is 1. The van der Waals surface area contributed by atoms with Crippen LogP contribution in [-0.4, -0.2) is 25.3 Å². The minimum absolute atomic E-state index is 0.0392. The average molecular weight is 365 g/mol. The topological polar surface area (TPSA) is 90.7 Å². The van der Waals surface area contributed by atoms with Crippen LogP contribution >= 0.6 is 23.1 Å². The van der Waals surface area contributed by atoms with Gasteiger partial charge in [0, 0.05) is 11.8 Å². The number of hydrogen-bond acceptors (Lipinski definition) is 9. The van der Waals surface area contributed by atoms with Crippen LogP contribution in [0, 0.1) is 6.92 Å². The Morgan fingerprint density at radius 2 is 2.17 bits per heavy atom. The van der Waals surface area contributed by atoms with E-state index < -0.39 is 0 Å². The Morgan fingerprint density at radius 1 is 1.29 bits per heavy atom. The highest BCUT2D eigenvalue weighted by molar-refractivity contribution is 7.99. The number of unbranched alkanes of at least 4 members (excludes halogenated alkanes) is 1. The molecule has 3 heterocycles. The molecule has 0 bridgehead atoms. The standard InChI is InChI=1S/C15H19N5O2S2/c1-4-5-6-12-17-14(22-20-12)9(2)24-15-19-18-13(21-15)7-11-8-23-10(3)16-11/h8-9H,4-7H2,1-3H3. The van der Waals surface area contributed by atoms with E-state index in [1.54, 1.807) is 11.3 Å². The zero-order valence-electron chi connectivity index (χ0n) is 13.9. The van der Waals surface area contributed by atoms with E-state index in [4.69, 9.17) is 8.94 Å². The highest BCUT2D eigenvalue weighted by Crippen LogP contribution is 2.33. The molecule has 128 valence electrons. The molecular weight excluding hydrogens is 346 g/mol. The molecule has 0 aliphatic heterocycles. The number of hydrogen-bond donors (Lipinski definition) is 0. The first-order valence-corrected chi connectivity index (χ1v) is 9.62. The molecule has 3 rings (SSSR count). The number of nitrogens with zero attached hydrogens (tertiary/aromatic N) is 5. The van der Waals surface area contributed by atoms with Crippen molar-refractivity contribution < 1.29 is 8.94 Å². The largest absolute Gasteiger partial charge is 0.416 e. The van der Waals surface area contributed by atoms with Crippen LogP contribution in [0.1, 0.15) is 60.2 Å². The van der Waals surface area contributed by atoms with Gasteiger partial charge in [0.2, 0.25) is 11.8 Å². The number of aryl methyl sites for hydroxylation is 2. The van der Waals surface area contributed by atoms with Crippen molar-refractivity contribution in [3.8, 4) is 0 Å². The number of aromatic nitrogens is 5. The fourth-order valence-corrected chi connectivity index (χ4v) is 3.42. The summed E-state index contributed by atoms with van der Waals surface area (Å²) in [6.45, 7) is 6.10. The first-order chi connectivity index (χ1) is 11.6. The smallest absolute Gasteiger partial charge is 0.277 e. The summed E-state index contributed by atoms with van der Waals surface area (Å²) < 4.78 is 11.0. The molecule has 0 aromatic carbocycles. The van der Waals surface area contributed by atoms with Gasteiger partial charge in [-0.3, -0.25) is 0 Å². The summed E-state index contributed by atoms with van der Waals surface area (Å²) in [5.41, 5.74) is 0.947. The van der Waals surface area contributed by atoms with Crippen molar-refractivity contribution in [2.24, 2.45) is 0 Å². The van der Waals surface area contributed by atoms with Crippen LogP contribution in [0.3, 0.4) is 0 Å². The van der Waals surface area contributed by atoms with E-state index in [1.165, 1.54) is 11.8 Å². The Balaban J connectivity index is 1.58. The molecular formula is C15H19N5O2S2. The zero-order chi connectivity index (χ0) is 16.9. The molecule has 7 nitrogen and oxygen atoms in total. The van der Waals surface area contributed by atoms with Crippen molar-refractivity contribution in [1.29, 1.82) is 0 Å². The molecule has 1 atom stereocenters. The van der Waals surface area contributed by atoms with E-state index >= 15 is 0 Å². The van der Waals surface area contributed by atoms with Crippen LogP contribution in [0.15, 0.2) is 19.5 Å². The van der Waals surface area contributed by atoms with Gasteiger partial charge in [-0.1, -0.05) is 30.3 Å². The number of thioether (sulfide) groups is 1. The van der Waals surface area contributed by atoms with Gasteiger partial charge in [-0.15, -0.1) is 21.5 Å². The van der Waals surface area contributed by atoms with Gasteiger partial charge < -0.3 is 8.94 Å². The highest BCUT2D eigenvalue weighted by Gasteiger charge is 2.19. The van der Waals surface area contributed by atoms with Crippen molar-refractivity contribution in [2.75, 3.05) is 0 Å². The lowest BCUT2D eigenvalue weighted by molar-refractivity contribution is 0.372. The quantitative estimate of drug-likeness (QED) is 0.553. The van der Waals surface area contributed by atoms with Crippen LogP contribution in [0.5, 0.6) is 0 Å². The summed E-state index contributed by atoms with van der Waals surface area (Å²) in [6, 6.07) is 0. The summed E-state index contributed by atoms with van der Waals surface area (Å²) in [7, 11) is 0. The van der Waals surface area contributed by atoms with Gasteiger partial charge in [0.25, 0.3) is 5.22 Å². The van der Waals surface area contributed by atoms with Gasteiger partial charge in [0.05, 0.1) is 22.4 Å². The summed E-state index contributed by atoms with van der Waals surface area (Å²) in [5, 5.41) is 15.6. The molecule has 0 N–H and O–H groups in total. The van der Waals surface area contributed by atoms with Crippen LogP contribution in [-0.2, 0) is 12.8 Å². The average Bonchev–Trinajstić information content (AvgIpc) is 3.28. The monoisotopic (exact) mass is 365 g/mol. The lowest BCUT2D eigenvalue weighted by Gasteiger charge is -2.00. The summed E-state index contributed by atoms with van der Waals surface area (Å²) >= 11 is 3.03. The van der Waals surface area contributed by atoms with Gasteiger partial charge in [-0.25, -0.2) is 4.98 Å². The van der Waals surface area contributed by atoms with E-state index in [2.05, 4.69) is 32.2 Å². The Hall–Kier alpha value is -1.74. The van der Waals surface area contributed by atoms with Crippen molar-refractivity contribution in [3.63, 3.8) is 0 Å². The Labute approximate surface area is 148 Å². The fourth-order valence-electron chi connectivity index (χ4n) is 2.07. The van der Waals surface area contributed by atoms with Crippen molar-refractivity contribution in [2.45, 2.75) is 56.9 Å². The normalized spacial score (nSPS) is 12.6. The number of rotatable bonds is 8. The molecule has 9 heteroatoms. The minimum atomic E-state index is -0.0392. The van der Waals surface area contributed by atoms with E-state index in [1.807, 2.05) is 19.2 Å². The molecule has 0 aliphatic rings. The second kappa shape index (κ2) is 7.89. The maximum atomic E-state index is 5.68. The molecule has 3 aromatic heterocycles. The van der Waals surface area contributed by atoms with E-state index in [0.29, 0.717) is 23.4 Å². The van der Waals surface area contributed by atoms with Gasteiger partial charge in [-0.05, 0) is 20.3 Å². The third kappa shape index (κ3) is 4.41. The predicted octanol–water partition coefficient (Wildman–Crippen LogP) is 4.00. The molecule has 0 saturated carbocycles.